The summed E-state index contributed by atoms with van der Waals surface area (Å²) in [6, 6.07) is 10.8. The standard InChI is InChI=1S/C23H29N3O5/c1-16-11-17(2)23(29)18(12-16)13-26-9-7-24-21(27)14-30-19-5-3-4-6-20(19)31-15-22(28)25-8-10-26/h3-6,11-12,29H,7-10,13-15H2,1-2H3,(H,24,27)(H,25,28). The first kappa shape index (κ1) is 22.4. The van der Waals surface area contributed by atoms with E-state index in [1.54, 1.807) is 24.3 Å². The van der Waals surface area contributed by atoms with Gasteiger partial charge in [0.25, 0.3) is 11.8 Å². The smallest absolute Gasteiger partial charge is 0.257 e. The molecular formula is C23H29N3O5. The molecule has 2 aromatic rings. The summed E-state index contributed by atoms with van der Waals surface area (Å²) < 4.78 is 11.1. The number of amides is 2. The third kappa shape index (κ3) is 6.62. The highest BCUT2D eigenvalue weighted by molar-refractivity contribution is 5.78. The number of aromatic hydroxyl groups is 1. The van der Waals surface area contributed by atoms with E-state index in [9.17, 15) is 14.7 Å². The van der Waals surface area contributed by atoms with E-state index in [1.807, 2.05) is 26.0 Å². The number of aryl methyl sites for hydroxylation is 2. The molecule has 0 saturated carbocycles. The number of ether oxygens (including phenoxy) is 2. The van der Waals surface area contributed by atoms with Gasteiger partial charge in [-0.3, -0.25) is 14.5 Å². The van der Waals surface area contributed by atoms with Crippen molar-refractivity contribution < 1.29 is 24.2 Å². The number of nitrogens with zero attached hydrogens (tertiary/aromatic N) is 1. The molecule has 0 aliphatic carbocycles. The van der Waals surface area contributed by atoms with Crippen LogP contribution in [0.4, 0.5) is 0 Å². The zero-order chi connectivity index (χ0) is 22.2. The van der Waals surface area contributed by atoms with Crippen LogP contribution in [0.15, 0.2) is 36.4 Å². The highest BCUT2D eigenvalue weighted by atomic mass is 16.5. The predicted octanol–water partition coefficient (Wildman–Crippen LogP) is 1.51. The third-order valence-corrected chi connectivity index (χ3v) is 4.98. The van der Waals surface area contributed by atoms with E-state index < -0.39 is 0 Å². The molecule has 2 amide bonds. The molecule has 1 aliphatic heterocycles. The van der Waals surface area contributed by atoms with Gasteiger partial charge in [0.15, 0.2) is 24.7 Å². The summed E-state index contributed by atoms with van der Waals surface area (Å²) >= 11 is 0. The summed E-state index contributed by atoms with van der Waals surface area (Å²) in [5.74, 6) is 0.606. The molecule has 166 valence electrons. The maximum Gasteiger partial charge on any atom is 0.257 e. The highest BCUT2D eigenvalue weighted by Crippen LogP contribution is 2.26. The number of phenolic OH excluding ortho intramolecular Hbond substituents is 1. The summed E-state index contributed by atoms with van der Waals surface area (Å²) in [7, 11) is 0. The fourth-order valence-corrected chi connectivity index (χ4v) is 3.46. The molecule has 31 heavy (non-hydrogen) atoms. The van der Waals surface area contributed by atoms with Crippen LogP contribution in [0.5, 0.6) is 17.2 Å². The van der Waals surface area contributed by atoms with Gasteiger partial charge in [-0.25, -0.2) is 0 Å². The Morgan fingerprint density at radius 2 is 1.48 bits per heavy atom. The number of hydrogen-bond acceptors (Lipinski definition) is 6. The summed E-state index contributed by atoms with van der Waals surface area (Å²) in [6.45, 7) is 6.01. The molecule has 0 fully saturated rings. The molecule has 1 heterocycles. The lowest BCUT2D eigenvalue weighted by Gasteiger charge is -2.24. The molecule has 2 aromatic carbocycles. The van der Waals surface area contributed by atoms with Gasteiger partial charge < -0.3 is 25.2 Å². The minimum absolute atomic E-state index is 0.148. The molecule has 0 aromatic heterocycles. The van der Waals surface area contributed by atoms with E-state index in [-0.39, 0.29) is 30.8 Å². The van der Waals surface area contributed by atoms with E-state index in [0.29, 0.717) is 44.2 Å². The lowest BCUT2D eigenvalue weighted by Crippen LogP contribution is -2.40. The van der Waals surface area contributed by atoms with Crippen LogP contribution in [0.2, 0.25) is 0 Å². The maximum absolute atomic E-state index is 12.2. The molecule has 0 saturated heterocycles. The summed E-state index contributed by atoms with van der Waals surface area (Å²) in [6.07, 6.45) is 0. The second kappa shape index (κ2) is 10.7. The van der Waals surface area contributed by atoms with E-state index in [2.05, 4.69) is 15.5 Å². The zero-order valence-corrected chi connectivity index (χ0v) is 17.9. The fraction of sp³-hybridized carbons (Fsp3) is 0.391. The molecule has 3 rings (SSSR count). The normalized spacial score (nSPS) is 16.6. The van der Waals surface area contributed by atoms with Crippen LogP contribution in [0.3, 0.4) is 0 Å². The molecule has 0 radical (unpaired) electrons. The first-order valence-corrected chi connectivity index (χ1v) is 10.3. The van der Waals surface area contributed by atoms with Crippen molar-refractivity contribution in [3.05, 3.63) is 53.1 Å². The molecular weight excluding hydrogens is 398 g/mol. The molecule has 1 aliphatic rings. The van der Waals surface area contributed by atoms with Crippen molar-refractivity contribution in [2.45, 2.75) is 20.4 Å². The van der Waals surface area contributed by atoms with Crippen molar-refractivity contribution >= 4 is 11.8 Å². The van der Waals surface area contributed by atoms with E-state index in [0.717, 1.165) is 16.7 Å². The molecule has 3 N–H and O–H groups in total. The van der Waals surface area contributed by atoms with E-state index >= 15 is 0 Å². The number of nitrogens with one attached hydrogen (secondary N) is 2. The quantitative estimate of drug-likeness (QED) is 0.672. The number of para-hydroxylation sites is 2. The number of carbonyl (C=O) groups excluding carboxylic acids is 2. The Morgan fingerprint density at radius 1 is 0.935 bits per heavy atom. The predicted molar refractivity (Wildman–Crippen MR) is 116 cm³/mol. The molecule has 8 nitrogen and oxygen atoms in total. The minimum atomic E-state index is -0.243. The Balaban J connectivity index is 1.69. The Bertz CT molecular complexity index is 886. The van der Waals surface area contributed by atoms with Gasteiger partial charge in [0.2, 0.25) is 0 Å². The Hall–Kier alpha value is -3.26. The largest absolute Gasteiger partial charge is 0.507 e. The van der Waals surface area contributed by atoms with Crippen molar-refractivity contribution in [2.75, 3.05) is 39.4 Å². The van der Waals surface area contributed by atoms with Crippen molar-refractivity contribution in [2.24, 2.45) is 0 Å². The Labute approximate surface area is 182 Å². The van der Waals surface area contributed by atoms with E-state index in [1.165, 1.54) is 0 Å². The van der Waals surface area contributed by atoms with Crippen LogP contribution in [-0.4, -0.2) is 61.2 Å². The number of rotatable bonds is 2. The molecule has 8 heteroatoms. The van der Waals surface area contributed by atoms with Gasteiger partial charge in [-0.15, -0.1) is 0 Å². The average Bonchev–Trinajstić information content (AvgIpc) is 2.74. The lowest BCUT2D eigenvalue weighted by molar-refractivity contribution is -0.124. The maximum atomic E-state index is 12.2. The van der Waals surface area contributed by atoms with Crippen molar-refractivity contribution in [1.82, 2.24) is 15.5 Å². The molecule has 0 bridgehead atoms. The van der Waals surface area contributed by atoms with Gasteiger partial charge >= 0.3 is 0 Å². The summed E-state index contributed by atoms with van der Waals surface area (Å²) in [5.41, 5.74) is 2.71. The number of hydrogen-bond donors (Lipinski definition) is 3. The second-order valence-electron chi connectivity index (χ2n) is 7.59. The summed E-state index contributed by atoms with van der Waals surface area (Å²) in [5, 5.41) is 16.1. The monoisotopic (exact) mass is 427 g/mol. The van der Waals surface area contributed by atoms with Crippen molar-refractivity contribution in [1.29, 1.82) is 0 Å². The van der Waals surface area contributed by atoms with Crippen LogP contribution in [0.1, 0.15) is 16.7 Å². The van der Waals surface area contributed by atoms with E-state index in [4.69, 9.17) is 9.47 Å². The van der Waals surface area contributed by atoms with Crippen LogP contribution in [-0.2, 0) is 16.1 Å². The first-order valence-electron chi connectivity index (χ1n) is 10.3. The second-order valence-corrected chi connectivity index (χ2v) is 7.59. The topological polar surface area (TPSA) is 100 Å². The third-order valence-electron chi connectivity index (χ3n) is 4.98. The number of fused-ring (bicyclic) bond motifs is 1. The van der Waals surface area contributed by atoms with Gasteiger partial charge in [-0.1, -0.05) is 29.8 Å². The Kier molecular flexibility index (Phi) is 7.72. The lowest BCUT2D eigenvalue weighted by atomic mass is 10.1. The van der Waals surface area contributed by atoms with Gasteiger partial charge in [-0.05, 0) is 31.5 Å². The average molecular weight is 428 g/mol. The molecule has 0 atom stereocenters. The van der Waals surface area contributed by atoms with Crippen molar-refractivity contribution in [3.63, 3.8) is 0 Å². The number of benzene rings is 2. The van der Waals surface area contributed by atoms with Gasteiger partial charge in [0.05, 0.1) is 0 Å². The van der Waals surface area contributed by atoms with Gasteiger partial charge in [-0.2, -0.15) is 0 Å². The highest BCUT2D eigenvalue weighted by Gasteiger charge is 2.14. The van der Waals surface area contributed by atoms with Gasteiger partial charge in [0.1, 0.15) is 5.75 Å². The number of carbonyl (C=O) groups is 2. The molecule has 0 spiro atoms. The number of phenols is 1. The fourth-order valence-electron chi connectivity index (χ4n) is 3.46. The van der Waals surface area contributed by atoms with Gasteiger partial charge in [0, 0.05) is 38.3 Å². The Morgan fingerprint density at radius 3 is 2.03 bits per heavy atom. The van der Waals surface area contributed by atoms with Crippen LogP contribution < -0.4 is 20.1 Å². The minimum Gasteiger partial charge on any atom is -0.507 e. The summed E-state index contributed by atoms with van der Waals surface area (Å²) in [4.78, 5) is 26.5. The zero-order valence-electron chi connectivity index (χ0n) is 17.9. The SMILES string of the molecule is Cc1cc(C)c(O)c(CN2CCNC(=O)COc3ccccc3OCC(=O)NCC2)c1. The first-order chi connectivity index (χ1) is 14.9. The molecule has 0 unspecified atom stereocenters. The van der Waals surface area contributed by atoms with Crippen molar-refractivity contribution in [3.8, 4) is 17.2 Å². The van der Waals surface area contributed by atoms with Crippen LogP contribution >= 0.6 is 0 Å². The van der Waals surface area contributed by atoms with Crippen LogP contribution in [0, 0.1) is 13.8 Å². The van der Waals surface area contributed by atoms with Crippen LogP contribution in [0.25, 0.3) is 0 Å².